The molecule has 0 saturated carbocycles. The molecule has 18 atom stereocenters. The van der Waals surface area contributed by atoms with Gasteiger partial charge in [-0.3, -0.25) is 52.8 Å². The Hall–Kier alpha value is -12.8. The fraction of sp³-hybridized carbons (Fsp3) is 0.471. The summed E-state index contributed by atoms with van der Waals surface area (Å²) in [7, 11) is -5.50. The van der Waals surface area contributed by atoms with Gasteiger partial charge in [0, 0.05) is 57.0 Å². The van der Waals surface area contributed by atoms with Crippen LogP contribution in [0, 0.1) is 5.92 Å². The van der Waals surface area contributed by atoms with Gasteiger partial charge >= 0.3 is 36.1 Å². The van der Waals surface area contributed by atoms with Gasteiger partial charge in [0.05, 0.1) is 46.2 Å². The molecule has 5 aromatic rings. The van der Waals surface area contributed by atoms with Gasteiger partial charge in [-0.15, -0.1) is 11.6 Å². The summed E-state index contributed by atoms with van der Waals surface area (Å²) >= 11 is 22.4. The maximum atomic E-state index is 17.4. The molecular formula is C104H132Cl3N9O30Si2. The van der Waals surface area contributed by atoms with E-state index in [2.05, 4.69) is 76.7 Å². The summed E-state index contributed by atoms with van der Waals surface area (Å²) in [6.07, 6.45) is -12.3. The van der Waals surface area contributed by atoms with Gasteiger partial charge in [0.1, 0.15) is 111 Å². The fourth-order valence-electron chi connectivity index (χ4n) is 16.6. The third-order valence-electron chi connectivity index (χ3n) is 25.7. The molecule has 0 aliphatic carbocycles. The Balaban J connectivity index is 1.38. The zero-order chi connectivity index (χ0) is 109. The van der Waals surface area contributed by atoms with Crippen LogP contribution in [-0.4, -0.2) is 230 Å². The van der Waals surface area contributed by atoms with Crippen LogP contribution in [0.2, 0.25) is 46.3 Å². The summed E-state index contributed by atoms with van der Waals surface area (Å²) in [4.78, 5) is 199. The van der Waals surface area contributed by atoms with Gasteiger partial charge < -0.3 is 123 Å². The van der Waals surface area contributed by atoms with E-state index in [1.807, 2.05) is 67.7 Å². The van der Waals surface area contributed by atoms with Gasteiger partial charge in [0.25, 0.3) is 0 Å². The monoisotopic (exact) mass is 2150 g/mol. The molecular weight excluding hydrogens is 2020 g/mol. The lowest BCUT2D eigenvalue weighted by atomic mass is 9.85. The van der Waals surface area contributed by atoms with Crippen molar-refractivity contribution in [3.05, 3.63) is 193 Å². The van der Waals surface area contributed by atoms with Crippen LogP contribution in [0.25, 0.3) is 11.1 Å². The summed E-state index contributed by atoms with van der Waals surface area (Å²) in [5.41, 5.74) is 3.79. The fourth-order valence-corrected chi connectivity index (χ4v) is 19.8. The summed E-state index contributed by atoms with van der Waals surface area (Å²) < 4.78 is 111. The van der Waals surface area contributed by atoms with Crippen molar-refractivity contribution >= 4 is 129 Å². The third-order valence-corrected chi connectivity index (χ3v) is 35.5. The number of alkyl halides is 1. The lowest BCUT2D eigenvalue weighted by molar-refractivity contribution is -0.332. The number of hydrogen-bond acceptors (Lipinski definition) is 30. The second-order valence-corrected chi connectivity index (χ2v) is 50.2. The van der Waals surface area contributed by atoms with Crippen LogP contribution in [0.4, 0.5) is 9.59 Å². The molecule has 7 aliphatic rings. The Morgan fingerprint density at radius 3 is 1.67 bits per heavy atom. The minimum Gasteiger partial charge on any atom is -0.489 e. The average molecular weight is 2150 g/mol. The van der Waals surface area contributed by atoms with Crippen molar-refractivity contribution in [1.29, 1.82) is 0 Å². The molecule has 7 aliphatic heterocycles. The Morgan fingerprint density at radius 2 is 1.11 bits per heavy atom. The molecule has 5 aromatic carbocycles. The van der Waals surface area contributed by atoms with Crippen LogP contribution < -0.4 is 71.4 Å². The highest BCUT2D eigenvalue weighted by Gasteiger charge is 2.58. The molecule has 7 heterocycles. The predicted octanol–water partition coefficient (Wildman–Crippen LogP) is 14.3. The number of alkyl carbamates (subject to hydrolysis) is 1. The number of fused-ring (bicyclic) bond motifs is 15. The van der Waals surface area contributed by atoms with Gasteiger partial charge in [-0.1, -0.05) is 173 Å². The number of rotatable bonds is 36. The molecule has 44 heteroatoms. The summed E-state index contributed by atoms with van der Waals surface area (Å²) in [5, 5.41) is 17.5. The van der Waals surface area contributed by atoms with Crippen LogP contribution >= 0.6 is 34.8 Å². The number of benzene rings is 5. The van der Waals surface area contributed by atoms with Crippen LogP contribution in [0.5, 0.6) is 46.0 Å². The van der Waals surface area contributed by atoms with E-state index >= 15 is 33.6 Å². The molecule has 0 radical (unpaired) electrons. The minimum atomic E-state index is -3.43. The second kappa shape index (κ2) is 50.4. The van der Waals surface area contributed by atoms with Crippen molar-refractivity contribution in [2.75, 3.05) is 52.6 Å². The SMILES string of the molecule is C=CCOC(=O)N[C@@]1(C)C[C@H](O[C@H]2[C@H](Oc3c4cc5cc3Oc3ccc(cc3Cl)[C@@H](O[Si](C)(C)C(C)(C)C)[C@@H](NC(=O)[C@@H](CC(C)C)N(C)C(=O)OCC=C)C(=O)N[C@@H](CC(N)=O)C(=O)N[C@H]5C(=O)N[C@H]3C(=O)N[C@H](C(=O)N[C@H](C(=O)OCC=C)c5cc(OCC=C)cc(OCC=C)c5-c5cc3ccc5OCC=C)[C@H](O[Si](C)(C)C(C)(C)C)c3ccc(c(Cl)c3)O4)O[C@H](CCl)[C@@H](OC(C)=O)[C@@H]2OC(C)=O)O[C@@H](C)[C@H]1OC(C)=O. The molecule has 9 N–H and O–H groups in total. The van der Waals surface area contributed by atoms with Crippen molar-refractivity contribution in [3.63, 3.8) is 0 Å². The van der Waals surface area contributed by atoms with E-state index in [9.17, 15) is 28.8 Å². The standard InChI is InChI=1S/C104H132Cl3N9O30Si2/c1-25-37-130-63-49-65-79(73(50-63)132-39-27-3)64-44-59(31-34-70(64)131-38-26-2)80-94(123)114-84(97(126)112-82(65)98(127)133-40-28-4)86(146-148(23,24)103(16,17)18)61-33-36-72(67(107)46-61)141-75-48-62-47-74(87(75)144-99-90(89(138-57(11)118)88(137-56(10)117)76(53-105)142-99)143-78-52-104(19,115-100(128)134-41-29-5)91(55(9)136-78)139-58(12)119)140-71-35-32-60(45-66(71)106)85(145-147(21,22)102(13,14)15)83(113-93(122)69(43-54(7)8)116(20)101(129)135-42-30-6)96(125)109-68(51-77(108)120)92(121)110-81(62)95(124)111-80/h25-36,44-50,54-55,68-69,76,78,80-86,88-91,99H,1-6,37-43,51-53H2,7-24H3,(H2,108,120)(H,109,125)(H,110,121)(H,111,124)(H,112,126)(H,113,122)(H,114,123)(H,115,128)/t55-,68-,69+,76+,78-,80+,81+,82-,83+,84-,85+,86+,88+,89-,90+,91+,99-,104-/m0/s1. The predicted molar refractivity (Wildman–Crippen MR) is 550 cm³/mol. The number of nitrogens with two attached hydrogens (primary N) is 1. The molecule has 11 bridgehead atoms. The van der Waals surface area contributed by atoms with Crippen LogP contribution in [0.3, 0.4) is 0 Å². The van der Waals surface area contributed by atoms with E-state index in [-0.39, 0.29) is 118 Å². The van der Waals surface area contributed by atoms with Crippen molar-refractivity contribution in [2.24, 2.45) is 11.7 Å². The molecule has 0 aromatic heterocycles. The molecule has 39 nitrogen and oxygen atoms in total. The Kier molecular flexibility index (Phi) is 39.9. The van der Waals surface area contributed by atoms with E-state index in [0.717, 1.165) is 37.8 Å². The lowest BCUT2D eigenvalue weighted by Gasteiger charge is -2.49. The first kappa shape index (κ1) is 117. The maximum Gasteiger partial charge on any atom is 0.410 e. The third kappa shape index (κ3) is 28.8. The topological polar surface area (TPSA) is 492 Å². The van der Waals surface area contributed by atoms with Crippen molar-refractivity contribution in [2.45, 2.75) is 255 Å². The smallest absolute Gasteiger partial charge is 0.410 e. The van der Waals surface area contributed by atoms with E-state index < -0.39 is 262 Å². The number of carbonyl (C=O) groups is 13. The van der Waals surface area contributed by atoms with Gasteiger partial charge in [0.2, 0.25) is 53.4 Å². The van der Waals surface area contributed by atoms with Crippen LogP contribution in [-0.2, 0) is 104 Å². The van der Waals surface area contributed by atoms with Gasteiger partial charge in [-0.25, -0.2) is 14.4 Å². The second-order valence-electron chi connectivity index (χ2n) is 39.5. The maximum absolute atomic E-state index is 17.4. The van der Waals surface area contributed by atoms with E-state index in [1.165, 1.54) is 124 Å². The van der Waals surface area contributed by atoms with Crippen molar-refractivity contribution in [3.8, 4) is 57.1 Å². The van der Waals surface area contributed by atoms with E-state index in [1.54, 1.807) is 13.8 Å². The molecule has 2 saturated heterocycles. The number of carbonyl (C=O) groups excluding carboxylic acids is 13. The summed E-state index contributed by atoms with van der Waals surface area (Å²) in [6.45, 7) is 49.6. The zero-order valence-electron chi connectivity index (χ0n) is 86.1. The highest BCUT2D eigenvalue weighted by molar-refractivity contribution is 6.74. The Labute approximate surface area is 876 Å². The summed E-state index contributed by atoms with van der Waals surface area (Å²) in [6, 6.07) is 3.30. The molecule has 12 rings (SSSR count). The first-order chi connectivity index (χ1) is 69.6. The summed E-state index contributed by atoms with van der Waals surface area (Å²) in [5.74, 6) is -16.0. The molecule has 148 heavy (non-hydrogen) atoms. The number of ether oxygens (including phenoxy) is 15. The highest BCUT2D eigenvalue weighted by Crippen LogP contribution is 2.53. The normalized spacial score (nSPS) is 23.8. The largest absolute Gasteiger partial charge is 0.489 e. The number of esters is 4. The van der Waals surface area contributed by atoms with Crippen LogP contribution in [0.15, 0.2) is 155 Å². The molecule has 9 amide bonds. The highest BCUT2D eigenvalue weighted by atomic mass is 35.5. The zero-order valence-corrected chi connectivity index (χ0v) is 90.3. The Morgan fingerprint density at radius 1 is 0.588 bits per heavy atom. The lowest BCUT2D eigenvalue weighted by Crippen LogP contribution is -2.67. The van der Waals surface area contributed by atoms with E-state index in [0.29, 0.717) is 0 Å². The van der Waals surface area contributed by atoms with Crippen molar-refractivity contribution < 1.29 is 142 Å². The number of nitrogens with one attached hydrogen (secondary N) is 7. The van der Waals surface area contributed by atoms with Gasteiger partial charge in [-0.2, -0.15) is 0 Å². The van der Waals surface area contributed by atoms with Crippen molar-refractivity contribution in [1.82, 2.24) is 42.1 Å². The number of nitrogens with zero attached hydrogens (tertiary/aromatic N) is 1. The Bertz CT molecular complexity index is 5850. The number of halogens is 3. The number of hydrogen-bond donors (Lipinski definition) is 8. The molecule has 802 valence electrons. The van der Waals surface area contributed by atoms with Gasteiger partial charge in [0.15, 0.2) is 64.9 Å². The molecule has 2 fully saturated rings. The van der Waals surface area contributed by atoms with Gasteiger partial charge in [-0.05, 0) is 139 Å². The molecule has 0 spiro atoms. The quantitative estimate of drug-likeness (QED) is 0.00607. The number of amides is 9. The first-order valence-corrected chi connectivity index (χ1v) is 54.9. The average Bonchev–Trinajstić information content (AvgIpc) is 0.750. The number of primary amides is 1. The molecule has 0 unspecified atom stereocenters. The minimum absolute atomic E-state index is 0.00222. The number of likely N-dealkylation sites (N-methyl/N-ethyl adjacent to an activating group) is 1. The first-order valence-electron chi connectivity index (χ1n) is 47.8. The van der Waals surface area contributed by atoms with Crippen LogP contribution in [0.1, 0.15) is 167 Å². The van der Waals surface area contributed by atoms with E-state index in [4.69, 9.17) is 120 Å².